The molecule has 0 fully saturated rings. The van der Waals surface area contributed by atoms with Crippen LogP contribution in [0.5, 0.6) is 0 Å². The fourth-order valence-corrected chi connectivity index (χ4v) is 2.18. The van der Waals surface area contributed by atoms with Crippen LogP contribution in [0.15, 0.2) is 12.5 Å². The van der Waals surface area contributed by atoms with Gasteiger partial charge in [-0.3, -0.25) is 0 Å². The van der Waals surface area contributed by atoms with Gasteiger partial charge in [0, 0.05) is 24.5 Å². The normalized spacial score (nSPS) is 13.9. The minimum absolute atomic E-state index is 0.0770. The Bertz CT molecular complexity index is 425. The Kier molecular flexibility index (Phi) is 4.49. The largest absolute Gasteiger partial charge is 0.332 e. The van der Waals surface area contributed by atoms with Gasteiger partial charge in [0.2, 0.25) is 0 Å². The van der Waals surface area contributed by atoms with Crippen molar-refractivity contribution in [3.63, 3.8) is 0 Å². The van der Waals surface area contributed by atoms with E-state index in [0.29, 0.717) is 6.54 Å². The van der Waals surface area contributed by atoms with Crippen LogP contribution >= 0.6 is 0 Å². The summed E-state index contributed by atoms with van der Waals surface area (Å²) in [5.41, 5.74) is 6.80. The van der Waals surface area contributed by atoms with E-state index in [0.717, 1.165) is 12.1 Å². The second kappa shape index (κ2) is 5.45. The lowest BCUT2D eigenvalue weighted by atomic mass is 10.2. The molecule has 0 saturated carbocycles. The van der Waals surface area contributed by atoms with Crippen molar-refractivity contribution in [2.75, 3.05) is 11.5 Å². The van der Waals surface area contributed by atoms with Crippen molar-refractivity contribution >= 4 is 9.84 Å². The number of aryl methyl sites for hydroxylation is 1. The van der Waals surface area contributed by atoms with E-state index in [9.17, 15) is 8.42 Å². The Hall–Kier alpha value is -0.880. The minimum atomic E-state index is -2.93. The molecule has 0 aromatic carbocycles. The van der Waals surface area contributed by atoms with E-state index in [-0.39, 0.29) is 17.5 Å². The number of hydrogen-bond acceptors (Lipinski definition) is 4. The number of sulfone groups is 1. The van der Waals surface area contributed by atoms with Gasteiger partial charge in [-0.15, -0.1) is 0 Å². The van der Waals surface area contributed by atoms with Crippen molar-refractivity contribution in [3.05, 3.63) is 18.2 Å². The Balaban J connectivity index is 2.72. The Morgan fingerprint density at radius 1 is 1.50 bits per heavy atom. The number of aromatic nitrogens is 2. The van der Waals surface area contributed by atoms with Crippen LogP contribution in [0, 0.1) is 0 Å². The zero-order valence-corrected chi connectivity index (χ0v) is 10.6. The number of rotatable bonds is 6. The van der Waals surface area contributed by atoms with Gasteiger partial charge in [-0.1, -0.05) is 13.8 Å². The summed E-state index contributed by atoms with van der Waals surface area (Å²) in [5.74, 6) is 0.320. The van der Waals surface area contributed by atoms with E-state index in [4.69, 9.17) is 5.73 Å². The van der Waals surface area contributed by atoms with E-state index < -0.39 is 9.84 Å². The highest BCUT2D eigenvalue weighted by molar-refractivity contribution is 7.91. The summed E-state index contributed by atoms with van der Waals surface area (Å²) in [4.78, 5) is 4.01. The lowest BCUT2D eigenvalue weighted by molar-refractivity contribution is 0.577. The Morgan fingerprint density at radius 2 is 2.19 bits per heavy atom. The van der Waals surface area contributed by atoms with Crippen LogP contribution in [0.1, 0.15) is 32.0 Å². The maximum atomic E-state index is 11.4. The van der Waals surface area contributed by atoms with E-state index in [1.165, 1.54) is 0 Å². The first-order valence-corrected chi connectivity index (χ1v) is 7.28. The summed E-state index contributed by atoms with van der Waals surface area (Å²) in [6.07, 6.45) is 4.15. The van der Waals surface area contributed by atoms with Gasteiger partial charge in [0.25, 0.3) is 0 Å². The molecular formula is C10H19N3O2S. The van der Waals surface area contributed by atoms with Crippen LogP contribution in [0.2, 0.25) is 0 Å². The highest BCUT2D eigenvalue weighted by Crippen LogP contribution is 2.12. The molecule has 0 unspecified atom stereocenters. The maximum Gasteiger partial charge on any atom is 0.151 e. The quantitative estimate of drug-likeness (QED) is 0.801. The van der Waals surface area contributed by atoms with Crippen LogP contribution < -0.4 is 5.73 Å². The molecule has 0 aliphatic rings. The third-order valence-corrected chi connectivity index (χ3v) is 4.33. The second-order valence-electron chi connectivity index (χ2n) is 3.76. The summed E-state index contributed by atoms with van der Waals surface area (Å²) >= 11 is 0. The monoisotopic (exact) mass is 245 g/mol. The summed E-state index contributed by atoms with van der Waals surface area (Å²) in [6.45, 7) is 4.08. The molecule has 0 aliphatic carbocycles. The van der Waals surface area contributed by atoms with Gasteiger partial charge in [-0.2, -0.15) is 0 Å². The summed E-state index contributed by atoms with van der Waals surface area (Å²) in [5, 5.41) is 0. The molecule has 0 aliphatic heterocycles. The zero-order chi connectivity index (χ0) is 12.2. The van der Waals surface area contributed by atoms with Crippen molar-refractivity contribution in [3.8, 4) is 0 Å². The molecule has 1 atom stereocenters. The van der Waals surface area contributed by atoms with E-state index in [1.807, 2.05) is 11.5 Å². The van der Waals surface area contributed by atoms with Crippen LogP contribution in [-0.2, 0) is 16.4 Å². The molecule has 1 aromatic heterocycles. The van der Waals surface area contributed by atoms with Crippen molar-refractivity contribution in [2.45, 2.75) is 32.9 Å². The molecule has 16 heavy (non-hydrogen) atoms. The fourth-order valence-electron chi connectivity index (χ4n) is 1.42. The number of nitrogens with two attached hydrogens (primary N) is 1. The predicted octanol–water partition coefficient (Wildman–Crippen LogP) is 0.728. The third-order valence-electron chi connectivity index (χ3n) is 2.65. The number of imidazole rings is 1. The fraction of sp³-hybridized carbons (Fsp3) is 0.700. The summed E-state index contributed by atoms with van der Waals surface area (Å²) in [6, 6.07) is -0.0770. The molecular weight excluding hydrogens is 226 g/mol. The van der Waals surface area contributed by atoms with Gasteiger partial charge in [0.1, 0.15) is 0 Å². The number of hydrogen-bond donors (Lipinski definition) is 1. The van der Waals surface area contributed by atoms with Gasteiger partial charge in [0.05, 0.1) is 17.8 Å². The lowest BCUT2D eigenvalue weighted by Gasteiger charge is -2.12. The highest BCUT2D eigenvalue weighted by atomic mass is 32.2. The maximum absolute atomic E-state index is 11.4. The van der Waals surface area contributed by atoms with E-state index in [1.54, 1.807) is 19.4 Å². The predicted molar refractivity (Wildman–Crippen MR) is 63.8 cm³/mol. The standard InChI is InChI=1S/C10H19N3O2S/c1-3-9(11)10-7-12-8-13(10)5-6-16(14,15)4-2/h7-9H,3-6,11H2,1-2H3/t9-/m1/s1. The molecule has 2 N–H and O–H groups in total. The van der Waals surface area contributed by atoms with Crippen molar-refractivity contribution in [1.82, 2.24) is 9.55 Å². The summed E-state index contributed by atoms with van der Waals surface area (Å²) < 4.78 is 24.6. The minimum Gasteiger partial charge on any atom is -0.332 e. The van der Waals surface area contributed by atoms with Gasteiger partial charge in [0.15, 0.2) is 9.84 Å². The second-order valence-corrected chi connectivity index (χ2v) is 6.24. The van der Waals surface area contributed by atoms with Gasteiger partial charge in [-0.05, 0) is 6.42 Å². The first kappa shape index (κ1) is 13.2. The van der Waals surface area contributed by atoms with Gasteiger partial charge < -0.3 is 10.3 Å². The zero-order valence-electron chi connectivity index (χ0n) is 9.76. The smallest absolute Gasteiger partial charge is 0.151 e. The average Bonchev–Trinajstić information content (AvgIpc) is 2.73. The average molecular weight is 245 g/mol. The van der Waals surface area contributed by atoms with Gasteiger partial charge in [-0.25, -0.2) is 13.4 Å². The number of nitrogens with zero attached hydrogens (tertiary/aromatic N) is 2. The van der Waals surface area contributed by atoms with Crippen LogP contribution in [-0.4, -0.2) is 29.5 Å². The van der Waals surface area contributed by atoms with Crippen LogP contribution in [0.3, 0.4) is 0 Å². The molecule has 0 amide bonds. The molecule has 1 rings (SSSR count). The Morgan fingerprint density at radius 3 is 2.75 bits per heavy atom. The molecule has 5 nitrogen and oxygen atoms in total. The topological polar surface area (TPSA) is 78.0 Å². The van der Waals surface area contributed by atoms with Gasteiger partial charge >= 0.3 is 0 Å². The van der Waals surface area contributed by atoms with Crippen molar-refractivity contribution in [2.24, 2.45) is 5.73 Å². The van der Waals surface area contributed by atoms with Crippen LogP contribution in [0.25, 0.3) is 0 Å². The Labute approximate surface area is 96.6 Å². The van der Waals surface area contributed by atoms with Crippen molar-refractivity contribution < 1.29 is 8.42 Å². The lowest BCUT2D eigenvalue weighted by Crippen LogP contribution is -2.19. The SMILES string of the molecule is CC[C@@H](N)c1cncn1CCS(=O)(=O)CC. The molecule has 0 bridgehead atoms. The molecule has 0 saturated heterocycles. The summed E-state index contributed by atoms with van der Waals surface area (Å²) in [7, 11) is -2.93. The molecule has 0 spiro atoms. The third kappa shape index (κ3) is 3.31. The van der Waals surface area contributed by atoms with Crippen molar-refractivity contribution in [1.29, 1.82) is 0 Å². The molecule has 92 valence electrons. The highest BCUT2D eigenvalue weighted by Gasteiger charge is 2.12. The molecule has 1 heterocycles. The first-order chi connectivity index (χ1) is 7.50. The molecule has 1 aromatic rings. The van der Waals surface area contributed by atoms with E-state index >= 15 is 0 Å². The first-order valence-electron chi connectivity index (χ1n) is 5.46. The van der Waals surface area contributed by atoms with E-state index in [2.05, 4.69) is 4.98 Å². The molecule has 0 radical (unpaired) electrons. The van der Waals surface area contributed by atoms with Crippen LogP contribution in [0.4, 0.5) is 0 Å². The molecule has 6 heteroatoms.